The van der Waals surface area contributed by atoms with Crippen molar-refractivity contribution in [3.63, 3.8) is 0 Å². The molecule has 5 amide bonds. The molecule has 258 valence electrons. The van der Waals surface area contributed by atoms with E-state index in [4.69, 9.17) is 21.1 Å². The molecule has 2 bridgehead atoms. The van der Waals surface area contributed by atoms with Gasteiger partial charge < -0.3 is 40.3 Å². The molecule has 0 aliphatic carbocycles. The highest BCUT2D eigenvalue weighted by Gasteiger charge is 2.40. The Morgan fingerprint density at radius 2 is 1.81 bits per heavy atom. The molecule has 0 aromatic heterocycles. The molecule has 0 saturated carbocycles. The van der Waals surface area contributed by atoms with Gasteiger partial charge in [-0.2, -0.15) is 0 Å². The number of amides is 5. The van der Waals surface area contributed by atoms with Gasteiger partial charge >= 0.3 is 0 Å². The highest BCUT2D eigenvalue weighted by molar-refractivity contribution is 6.30. The number of ether oxygens (including phenoxy) is 2. The van der Waals surface area contributed by atoms with Crippen LogP contribution in [0.25, 0.3) is 0 Å². The van der Waals surface area contributed by atoms with Crippen molar-refractivity contribution < 1.29 is 38.6 Å². The highest BCUT2D eigenvalue weighted by atomic mass is 35.5. The van der Waals surface area contributed by atoms with Crippen LogP contribution < -0.4 is 25.4 Å². The predicted molar refractivity (Wildman–Crippen MR) is 175 cm³/mol. The van der Waals surface area contributed by atoms with E-state index in [9.17, 15) is 29.1 Å². The average Bonchev–Trinajstić information content (AvgIpc) is 3.58. The second kappa shape index (κ2) is 15.7. The Morgan fingerprint density at radius 1 is 1.04 bits per heavy atom. The van der Waals surface area contributed by atoms with E-state index >= 15 is 0 Å². The SMILES string of the molecule is C[C@@H]1NC(=O)COc2cccc(c2)CC2(CCN(C(=O)COc3cccc(Cl)c3)CC2)CNC(=O)[C@H](CO)NC(=O)[C@@H]2CCCN2C1=O. The Hall–Kier alpha value is -4.36. The van der Waals surface area contributed by atoms with Crippen LogP contribution in [0, 0.1) is 5.41 Å². The Bertz CT molecular complexity index is 1510. The van der Waals surface area contributed by atoms with Crippen molar-refractivity contribution >= 4 is 41.1 Å². The summed E-state index contributed by atoms with van der Waals surface area (Å²) in [4.78, 5) is 68.7. The van der Waals surface area contributed by atoms with E-state index in [1.54, 1.807) is 42.2 Å². The Kier molecular flexibility index (Phi) is 11.4. The van der Waals surface area contributed by atoms with E-state index in [1.165, 1.54) is 4.90 Å². The van der Waals surface area contributed by atoms with Gasteiger partial charge in [-0.05, 0) is 80.3 Å². The van der Waals surface area contributed by atoms with Gasteiger partial charge in [-0.15, -0.1) is 0 Å². The van der Waals surface area contributed by atoms with Gasteiger partial charge in [0.1, 0.15) is 29.6 Å². The smallest absolute Gasteiger partial charge is 0.260 e. The molecular formula is C34H42ClN5O8. The maximum Gasteiger partial charge on any atom is 0.260 e. The Labute approximate surface area is 284 Å². The molecule has 0 unspecified atom stereocenters. The first-order chi connectivity index (χ1) is 23.1. The number of hydrogen-bond donors (Lipinski definition) is 4. The highest BCUT2D eigenvalue weighted by Crippen LogP contribution is 2.36. The zero-order valence-electron chi connectivity index (χ0n) is 26.9. The summed E-state index contributed by atoms with van der Waals surface area (Å²) < 4.78 is 11.4. The number of aliphatic hydroxyl groups excluding tert-OH is 1. The topological polar surface area (TPSA) is 167 Å². The number of fused-ring (bicyclic) bond motifs is 3. The van der Waals surface area contributed by atoms with Crippen LogP contribution >= 0.6 is 11.6 Å². The summed E-state index contributed by atoms with van der Waals surface area (Å²) >= 11 is 6.03. The second-order valence-corrected chi connectivity index (χ2v) is 13.1. The summed E-state index contributed by atoms with van der Waals surface area (Å²) in [6, 6.07) is 11.2. The van der Waals surface area contributed by atoms with Crippen molar-refractivity contribution in [2.24, 2.45) is 5.41 Å². The molecule has 0 radical (unpaired) electrons. The zero-order chi connectivity index (χ0) is 34.3. The number of hydrogen-bond acceptors (Lipinski definition) is 8. The van der Waals surface area contributed by atoms with Gasteiger partial charge in [0.05, 0.1) is 6.61 Å². The van der Waals surface area contributed by atoms with Crippen molar-refractivity contribution in [2.45, 2.75) is 57.2 Å². The van der Waals surface area contributed by atoms with Crippen LogP contribution in [0.1, 0.15) is 38.2 Å². The third kappa shape index (κ3) is 8.75. The van der Waals surface area contributed by atoms with Crippen molar-refractivity contribution in [3.05, 3.63) is 59.1 Å². The lowest BCUT2D eigenvalue weighted by Crippen LogP contribution is -2.57. The van der Waals surface area contributed by atoms with E-state index in [1.807, 2.05) is 18.2 Å². The Balaban J connectivity index is 1.33. The van der Waals surface area contributed by atoms with Gasteiger partial charge in [-0.3, -0.25) is 24.0 Å². The minimum atomic E-state index is -1.23. The lowest BCUT2D eigenvalue weighted by Gasteiger charge is -2.42. The first-order valence-corrected chi connectivity index (χ1v) is 16.6. The second-order valence-electron chi connectivity index (χ2n) is 12.7. The molecule has 3 aliphatic rings. The maximum atomic E-state index is 13.4. The fourth-order valence-electron chi connectivity index (χ4n) is 6.52. The van der Waals surface area contributed by atoms with Gasteiger partial charge in [0.15, 0.2) is 13.2 Å². The van der Waals surface area contributed by atoms with E-state index < -0.39 is 53.8 Å². The summed E-state index contributed by atoms with van der Waals surface area (Å²) in [7, 11) is 0. The number of likely N-dealkylation sites (tertiary alicyclic amines) is 1. The average molecular weight is 684 g/mol. The molecule has 48 heavy (non-hydrogen) atoms. The number of benzene rings is 2. The normalized spacial score (nSPS) is 23.9. The van der Waals surface area contributed by atoms with Gasteiger partial charge in [0.25, 0.3) is 11.8 Å². The summed E-state index contributed by atoms with van der Waals surface area (Å²) in [5.74, 6) is -1.21. The fraction of sp³-hybridized carbons (Fsp3) is 0.500. The minimum Gasteiger partial charge on any atom is -0.484 e. The number of aliphatic hydroxyl groups is 1. The molecular weight excluding hydrogens is 642 g/mol. The van der Waals surface area contributed by atoms with E-state index in [0.717, 1.165) is 5.56 Å². The van der Waals surface area contributed by atoms with Crippen LogP contribution in [0.3, 0.4) is 0 Å². The lowest BCUT2D eigenvalue weighted by molar-refractivity contribution is -0.142. The van der Waals surface area contributed by atoms with Crippen LogP contribution in [0.4, 0.5) is 0 Å². The predicted octanol–water partition coefficient (Wildman–Crippen LogP) is 1.05. The number of carbonyl (C=O) groups is 5. The first-order valence-electron chi connectivity index (χ1n) is 16.2. The van der Waals surface area contributed by atoms with Crippen molar-refractivity contribution in [2.75, 3.05) is 46.0 Å². The fourth-order valence-corrected chi connectivity index (χ4v) is 6.70. The third-order valence-corrected chi connectivity index (χ3v) is 9.46. The number of rotatable bonds is 4. The molecule has 2 aromatic carbocycles. The van der Waals surface area contributed by atoms with Gasteiger partial charge in [0.2, 0.25) is 17.7 Å². The quantitative estimate of drug-likeness (QED) is 0.371. The van der Waals surface area contributed by atoms with E-state index in [0.29, 0.717) is 68.3 Å². The summed E-state index contributed by atoms with van der Waals surface area (Å²) in [5, 5.41) is 18.8. The van der Waals surface area contributed by atoms with Crippen LogP contribution in [0.2, 0.25) is 5.02 Å². The monoisotopic (exact) mass is 683 g/mol. The molecule has 2 fully saturated rings. The van der Waals surface area contributed by atoms with Crippen LogP contribution in [-0.4, -0.2) is 109 Å². The number of nitrogens with zero attached hydrogens (tertiary/aromatic N) is 2. The standard InChI is InChI=1S/C34H42ClN5O8/c1-22-33(46)40-12-4-9-28(40)32(45)38-27(18-41)31(44)36-21-34(17-23-5-2-7-25(15-23)47-19-29(42)37-22)10-13-39(14-11-34)30(43)20-48-26-8-3-6-24(35)16-26/h2-3,5-8,15-16,22,27-28,41H,4,9-14,17-21H2,1H3,(H,36,44)(H,37,42)(H,38,45)/t22-,27-,28-/m0/s1. The van der Waals surface area contributed by atoms with Crippen LogP contribution in [0.15, 0.2) is 48.5 Å². The van der Waals surface area contributed by atoms with Gasteiger partial charge in [0, 0.05) is 31.2 Å². The molecule has 2 saturated heterocycles. The Morgan fingerprint density at radius 3 is 2.56 bits per heavy atom. The molecule has 4 N–H and O–H groups in total. The van der Waals surface area contributed by atoms with Crippen molar-refractivity contribution in [3.8, 4) is 11.5 Å². The molecule has 5 rings (SSSR count). The molecule has 3 heterocycles. The van der Waals surface area contributed by atoms with Gasteiger partial charge in [-0.25, -0.2) is 0 Å². The molecule has 3 atom stereocenters. The summed E-state index contributed by atoms with van der Waals surface area (Å²) in [6.45, 7) is 1.86. The molecule has 1 spiro atoms. The van der Waals surface area contributed by atoms with Crippen LogP contribution in [-0.2, 0) is 30.4 Å². The molecule has 14 heteroatoms. The lowest BCUT2D eigenvalue weighted by atomic mass is 9.73. The minimum absolute atomic E-state index is 0.141. The largest absolute Gasteiger partial charge is 0.484 e. The molecule has 13 nitrogen and oxygen atoms in total. The number of halogens is 1. The van der Waals surface area contributed by atoms with Crippen LogP contribution in [0.5, 0.6) is 11.5 Å². The summed E-state index contributed by atoms with van der Waals surface area (Å²) in [6.07, 6.45) is 2.60. The number of piperidine rings is 1. The third-order valence-electron chi connectivity index (χ3n) is 9.22. The first kappa shape index (κ1) is 35.0. The molecule has 2 aromatic rings. The molecule has 3 aliphatic heterocycles. The number of carbonyl (C=O) groups excluding carboxylic acids is 5. The summed E-state index contributed by atoms with van der Waals surface area (Å²) in [5.41, 5.74) is 0.424. The van der Waals surface area contributed by atoms with Crippen molar-refractivity contribution in [1.82, 2.24) is 25.8 Å². The number of nitrogens with one attached hydrogen (secondary N) is 3. The maximum absolute atomic E-state index is 13.4. The van der Waals surface area contributed by atoms with E-state index in [2.05, 4.69) is 16.0 Å². The van der Waals surface area contributed by atoms with Gasteiger partial charge in [-0.1, -0.05) is 29.8 Å². The van der Waals surface area contributed by atoms with E-state index in [-0.39, 0.29) is 25.7 Å². The zero-order valence-corrected chi connectivity index (χ0v) is 27.7. The van der Waals surface area contributed by atoms with Crippen molar-refractivity contribution in [1.29, 1.82) is 0 Å².